The Hall–Kier alpha value is -2.40. The molecule has 5 heteroatoms. The standard InChI is InChI=1S/C47H82O5/c1-3-5-7-9-11-13-15-17-19-21-23-25-27-29-31-33-35-37-39-41-46(49)51-44-45(43-48)52-47(50)42-40-38-36-34-32-30-28-26-24-22-20-18-16-14-12-10-8-6-4-2/h11,13,17-20,23,25,29,31,45,48H,3-10,12,14-16,21-22,24,26-28,30,32-44H2,1-2H3/t45-/m0/s1. The number of unbranched alkanes of at least 4 members (excludes halogenated alkanes) is 21. The lowest BCUT2D eigenvalue weighted by molar-refractivity contribution is -0.161. The molecule has 0 aromatic rings. The molecule has 0 saturated carbocycles. The van der Waals surface area contributed by atoms with Gasteiger partial charge in [0.15, 0.2) is 6.10 Å². The number of hydrogen-bond acceptors (Lipinski definition) is 5. The van der Waals surface area contributed by atoms with Crippen molar-refractivity contribution in [2.24, 2.45) is 0 Å². The molecule has 0 fully saturated rings. The summed E-state index contributed by atoms with van der Waals surface area (Å²) >= 11 is 0. The summed E-state index contributed by atoms with van der Waals surface area (Å²) in [4.78, 5) is 24.3. The molecule has 300 valence electrons. The Morgan fingerprint density at radius 2 is 0.769 bits per heavy atom. The number of carbonyl (C=O) groups is 2. The predicted molar refractivity (Wildman–Crippen MR) is 223 cm³/mol. The Balaban J connectivity index is 3.61. The molecule has 5 nitrogen and oxygen atoms in total. The van der Waals surface area contributed by atoms with E-state index in [1.807, 2.05) is 0 Å². The first kappa shape index (κ1) is 49.6. The zero-order valence-corrected chi connectivity index (χ0v) is 34.1. The largest absolute Gasteiger partial charge is 0.462 e. The van der Waals surface area contributed by atoms with Crippen molar-refractivity contribution in [2.75, 3.05) is 13.2 Å². The zero-order chi connectivity index (χ0) is 37.8. The van der Waals surface area contributed by atoms with Gasteiger partial charge in [0, 0.05) is 12.8 Å². The number of aliphatic hydroxyl groups is 1. The molecular formula is C47H82O5. The van der Waals surface area contributed by atoms with Crippen LogP contribution in [0.25, 0.3) is 0 Å². The van der Waals surface area contributed by atoms with Gasteiger partial charge in [-0.3, -0.25) is 9.59 Å². The third kappa shape index (κ3) is 40.4. The average Bonchev–Trinajstić information content (AvgIpc) is 3.15. The van der Waals surface area contributed by atoms with Crippen molar-refractivity contribution in [1.82, 2.24) is 0 Å². The summed E-state index contributed by atoms with van der Waals surface area (Å²) in [5, 5.41) is 9.58. The molecule has 0 unspecified atom stereocenters. The van der Waals surface area contributed by atoms with Gasteiger partial charge in [-0.2, -0.15) is 0 Å². The third-order valence-electron chi connectivity index (χ3n) is 9.28. The van der Waals surface area contributed by atoms with Crippen molar-refractivity contribution in [3.63, 3.8) is 0 Å². The van der Waals surface area contributed by atoms with Gasteiger partial charge in [0.1, 0.15) is 6.61 Å². The number of carbonyl (C=O) groups excluding carboxylic acids is 2. The van der Waals surface area contributed by atoms with E-state index in [0.29, 0.717) is 12.8 Å². The Kier molecular flexibility index (Phi) is 41.0. The van der Waals surface area contributed by atoms with E-state index in [1.54, 1.807) is 0 Å². The van der Waals surface area contributed by atoms with Gasteiger partial charge in [-0.25, -0.2) is 0 Å². The molecule has 52 heavy (non-hydrogen) atoms. The minimum atomic E-state index is -0.787. The van der Waals surface area contributed by atoms with Gasteiger partial charge in [-0.15, -0.1) is 0 Å². The van der Waals surface area contributed by atoms with E-state index in [4.69, 9.17) is 9.47 Å². The highest BCUT2D eigenvalue weighted by Gasteiger charge is 2.16. The first-order valence-corrected chi connectivity index (χ1v) is 21.8. The maximum atomic E-state index is 12.2. The van der Waals surface area contributed by atoms with Crippen molar-refractivity contribution >= 4 is 11.9 Å². The van der Waals surface area contributed by atoms with E-state index in [9.17, 15) is 14.7 Å². The van der Waals surface area contributed by atoms with Gasteiger partial charge in [0.25, 0.3) is 0 Å². The van der Waals surface area contributed by atoms with Crippen LogP contribution in [0.4, 0.5) is 0 Å². The highest BCUT2D eigenvalue weighted by Crippen LogP contribution is 2.13. The van der Waals surface area contributed by atoms with E-state index >= 15 is 0 Å². The average molecular weight is 727 g/mol. The molecule has 0 aromatic heterocycles. The maximum Gasteiger partial charge on any atom is 0.306 e. The highest BCUT2D eigenvalue weighted by atomic mass is 16.6. The van der Waals surface area contributed by atoms with Gasteiger partial charge in [-0.1, -0.05) is 171 Å². The molecular weight excluding hydrogens is 645 g/mol. The molecule has 0 aliphatic rings. The molecule has 0 aliphatic carbocycles. The number of allylic oxidation sites excluding steroid dienone is 10. The van der Waals surface area contributed by atoms with Crippen LogP contribution in [0, 0.1) is 0 Å². The highest BCUT2D eigenvalue weighted by molar-refractivity contribution is 5.70. The lowest BCUT2D eigenvalue weighted by Crippen LogP contribution is -2.28. The number of esters is 2. The van der Waals surface area contributed by atoms with Gasteiger partial charge >= 0.3 is 11.9 Å². The SMILES string of the molecule is CCCCCC=CCC=CCC=CCC=CCCCCCC(=O)OC[C@H](CO)OC(=O)CCCCCCCCCCCC=CCCCCCCCC. The fourth-order valence-corrected chi connectivity index (χ4v) is 5.94. The molecule has 0 heterocycles. The lowest BCUT2D eigenvalue weighted by atomic mass is 10.1. The monoisotopic (exact) mass is 727 g/mol. The van der Waals surface area contributed by atoms with Crippen molar-refractivity contribution < 1.29 is 24.2 Å². The summed E-state index contributed by atoms with van der Waals surface area (Å²) in [6.07, 6.45) is 55.7. The Morgan fingerprint density at radius 3 is 1.23 bits per heavy atom. The molecule has 1 atom stereocenters. The summed E-state index contributed by atoms with van der Waals surface area (Å²) in [5.74, 6) is -0.629. The van der Waals surface area contributed by atoms with E-state index in [-0.39, 0.29) is 25.2 Å². The van der Waals surface area contributed by atoms with Crippen LogP contribution in [0.2, 0.25) is 0 Å². The van der Waals surface area contributed by atoms with Crippen molar-refractivity contribution in [3.8, 4) is 0 Å². The number of aliphatic hydroxyl groups excluding tert-OH is 1. The second-order valence-electron chi connectivity index (χ2n) is 14.4. The molecule has 1 N–H and O–H groups in total. The fraction of sp³-hybridized carbons (Fsp3) is 0.745. The number of rotatable bonds is 39. The molecule has 0 amide bonds. The zero-order valence-electron chi connectivity index (χ0n) is 34.1. The Morgan fingerprint density at radius 1 is 0.442 bits per heavy atom. The second kappa shape index (κ2) is 43.0. The Bertz CT molecular complexity index is 915. The van der Waals surface area contributed by atoms with Gasteiger partial charge in [0.05, 0.1) is 6.61 Å². The third-order valence-corrected chi connectivity index (χ3v) is 9.28. The number of hydrogen-bond donors (Lipinski definition) is 1. The Labute approximate surface area is 321 Å². The summed E-state index contributed by atoms with van der Waals surface area (Å²) < 4.78 is 10.6. The van der Waals surface area contributed by atoms with Crippen LogP contribution in [-0.4, -0.2) is 36.4 Å². The molecule has 0 rings (SSSR count). The minimum absolute atomic E-state index is 0.0845. The predicted octanol–water partition coefficient (Wildman–Crippen LogP) is 14.0. The fourth-order valence-electron chi connectivity index (χ4n) is 5.94. The van der Waals surface area contributed by atoms with Crippen molar-refractivity contribution in [3.05, 3.63) is 60.8 Å². The molecule has 0 spiro atoms. The normalized spacial score (nSPS) is 12.8. The molecule has 0 radical (unpaired) electrons. The van der Waals surface area contributed by atoms with Crippen LogP contribution in [0.15, 0.2) is 60.8 Å². The molecule has 0 bridgehead atoms. The molecule has 0 aliphatic heterocycles. The van der Waals surface area contributed by atoms with Crippen LogP contribution in [-0.2, 0) is 19.1 Å². The second-order valence-corrected chi connectivity index (χ2v) is 14.4. The van der Waals surface area contributed by atoms with Crippen LogP contribution in [0.5, 0.6) is 0 Å². The van der Waals surface area contributed by atoms with E-state index < -0.39 is 6.10 Å². The van der Waals surface area contributed by atoms with Crippen LogP contribution >= 0.6 is 0 Å². The summed E-state index contributed by atoms with van der Waals surface area (Å²) in [5.41, 5.74) is 0. The van der Waals surface area contributed by atoms with E-state index in [0.717, 1.165) is 64.2 Å². The van der Waals surface area contributed by atoms with Crippen LogP contribution in [0.1, 0.15) is 206 Å². The van der Waals surface area contributed by atoms with Crippen molar-refractivity contribution in [2.45, 2.75) is 213 Å². The smallest absolute Gasteiger partial charge is 0.306 e. The van der Waals surface area contributed by atoms with E-state index in [1.165, 1.54) is 116 Å². The lowest BCUT2D eigenvalue weighted by Gasteiger charge is -2.15. The van der Waals surface area contributed by atoms with Crippen molar-refractivity contribution in [1.29, 1.82) is 0 Å². The molecule has 0 saturated heterocycles. The van der Waals surface area contributed by atoms with E-state index in [2.05, 4.69) is 74.6 Å². The van der Waals surface area contributed by atoms with Gasteiger partial charge < -0.3 is 14.6 Å². The summed E-state index contributed by atoms with van der Waals surface area (Å²) in [6.45, 7) is 4.08. The summed E-state index contributed by atoms with van der Waals surface area (Å²) in [7, 11) is 0. The van der Waals surface area contributed by atoms with Crippen LogP contribution in [0.3, 0.4) is 0 Å². The molecule has 0 aromatic carbocycles. The minimum Gasteiger partial charge on any atom is -0.462 e. The topological polar surface area (TPSA) is 72.8 Å². The quantitative estimate of drug-likeness (QED) is 0.0388. The van der Waals surface area contributed by atoms with Gasteiger partial charge in [0.2, 0.25) is 0 Å². The maximum absolute atomic E-state index is 12.2. The van der Waals surface area contributed by atoms with Crippen LogP contribution < -0.4 is 0 Å². The first-order valence-electron chi connectivity index (χ1n) is 21.8. The summed E-state index contributed by atoms with van der Waals surface area (Å²) in [6, 6.07) is 0. The van der Waals surface area contributed by atoms with Gasteiger partial charge in [-0.05, 0) is 83.5 Å². The first-order chi connectivity index (χ1) is 25.6. The number of ether oxygens (including phenoxy) is 2.